The van der Waals surface area contributed by atoms with Gasteiger partial charge in [0, 0.05) is 10.6 Å². The lowest BCUT2D eigenvalue weighted by atomic mass is 10.1. The highest BCUT2D eigenvalue weighted by Crippen LogP contribution is 2.21. The zero-order valence-corrected chi connectivity index (χ0v) is 8.11. The molecule has 0 aliphatic heterocycles. The van der Waals surface area contributed by atoms with E-state index in [1.54, 1.807) is 19.2 Å². The van der Waals surface area contributed by atoms with Gasteiger partial charge in [-0.25, -0.2) is 4.39 Å². The Bertz CT molecular complexity index is 312. The van der Waals surface area contributed by atoms with E-state index in [0.717, 1.165) is 0 Å². The van der Waals surface area contributed by atoms with Gasteiger partial charge in [0.05, 0.1) is 6.04 Å². The summed E-state index contributed by atoms with van der Waals surface area (Å²) in [5.74, 6) is -0.274. The van der Waals surface area contributed by atoms with Gasteiger partial charge >= 0.3 is 0 Å². The van der Waals surface area contributed by atoms with Crippen LogP contribution in [0.1, 0.15) is 11.6 Å². The van der Waals surface area contributed by atoms with E-state index in [2.05, 4.69) is 11.9 Å². The number of hydrogen-bond acceptors (Lipinski definition) is 1. The third-order valence-corrected chi connectivity index (χ3v) is 2.07. The van der Waals surface area contributed by atoms with Crippen LogP contribution in [0.2, 0.25) is 5.02 Å². The lowest BCUT2D eigenvalue weighted by Crippen LogP contribution is -2.14. The van der Waals surface area contributed by atoms with Crippen molar-refractivity contribution in [3.05, 3.63) is 47.3 Å². The molecule has 1 rings (SSSR count). The Morgan fingerprint density at radius 3 is 2.85 bits per heavy atom. The molecule has 1 unspecified atom stereocenters. The van der Waals surface area contributed by atoms with Crippen LogP contribution in [0.4, 0.5) is 4.39 Å². The predicted molar refractivity (Wildman–Crippen MR) is 53.4 cm³/mol. The first-order valence-electron chi connectivity index (χ1n) is 3.93. The Morgan fingerprint density at radius 1 is 1.62 bits per heavy atom. The minimum absolute atomic E-state index is 0.196. The van der Waals surface area contributed by atoms with Gasteiger partial charge in [-0.2, -0.15) is 0 Å². The summed E-state index contributed by atoms with van der Waals surface area (Å²) < 4.78 is 13.2. The van der Waals surface area contributed by atoms with Gasteiger partial charge in [-0.15, -0.1) is 6.58 Å². The van der Waals surface area contributed by atoms with E-state index in [1.165, 1.54) is 12.1 Å². The molecule has 1 aromatic carbocycles. The summed E-state index contributed by atoms with van der Waals surface area (Å²) in [6.07, 6.45) is 1.63. The van der Waals surface area contributed by atoms with Crippen LogP contribution < -0.4 is 5.32 Å². The summed E-state index contributed by atoms with van der Waals surface area (Å²) in [7, 11) is 1.74. The Morgan fingerprint density at radius 2 is 2.31 bits per heavy atom. The average Bonchev–Trinajstić information content (AvgIpc) is 2.13. The molecule has 3 heteroatoms. The SMILES string of the molecule is C=CC(NC)c1cc(Cl)ccc1F. The second-order valence-corrected chi connectivity index (χ2v) is 3.10. The molecule has 0 spiro atoms. The van der Waals surface area contributed by atoms with E-state index < -0.39 is 0 Å². The summed E-state index contributed by atoms with van der Waals surface area (Å²) in [6, 6.07) is 4.28. The molecular formula is C10H11ClFN. The van der Waals surface area contributed by atoms with Crippen molar-refractivity contribution in [3.8, 4) is 0 Å². The minimum Gasteiger partial charge on any atom is -0.310 e. The first kappa shape index (κ1) is 10.2. The summed E-state index contributed by atoms with van der Waals surface area (Å²) in [5.41, 5.74) is 0.519. The van der Waals surface area contributed by atoms with E-state index in [0.29, 0.717) is 10.6 Å². The lowest BCUT2D eigenvalue weighted by molar-refractivity contribution is 0.582. The first-order chi connectivity index (χ1) is 6.19. The molecule has 0 heterocycles. The van der Waals surface area contributed by atoms with Gasteiger partial charge in [0.15, 0.2) is 0 Å². The molecule has 1 N–H and O–H groups in total. The van der Waals surface area contributed by atoms with Crippen LogP contribution in [-0.2, 0) is 0 Å². The second-order valence-electron chi connectivity index (χ2n) is 2.67. The Balaban J connectivity index is 3.10. The zero-order valence-electron chi connectivity index (χ0n) is 7.35. The third kappa shape index (κ3) is 2.29. The van der Waals surface area contributed by atoms with Gasteiger partial charge in [0.1, 0.15) is 5.82 Å². The molecule has 70 valence electrons. The van der Waals surface area contributed by atoms with E-state index in [-0.39, 0.29) is 11.9 Å². The average molecular weight is 200 g/mol. The monoisotopic (exact) mass is 199 g/mol. The van der Waals surface area contributed by atoms with E-state index >= 15 is 0 Å². The molecule has 0 saturated carbocycles. The first-order valence-corrected chi connectivity index (χ1v) is 4.31. The second kappa shape index (κ2) is 4.40. The molecule has 0 amide bonds. The molecule has 0 fully saturated rings. The topological polar surface area (TPSA) is 12.0 Å². The molecule has 0 radical (unpaired) electrons. The zero-order chi connectivity index (χ0) is 9.84. The molecule has 0 aromatic heterocycles. The van der Waals surface area contributed by atoms with Gasteiger partial charge in [0.2, 0.25) is 0 Å². The van der Waals surface area contributed by atoms with E-state index in [1.807, 2.05) is 0 Å². The molecule has 0 aliphatic rings. The van der Waals surface area contributed by atoms with Crippen molar-refractivity contribution in [1.29, 1.82) is 0 Å². The number of hydrogen-bond donors (Lipinski definition) is 1. The highest BCUT2D eigenvalue weighted by Gasteiger charge is 2.10. The van der Waals surface area contributed by atoms with Crippen molar-refractivity contribution >= 4 is 11.6 Å². The minimum atomic E-state index is -0.274. The van der Waals surface area contributed by atoms with Crippen molar-refractivity contribution in [2.24, 2.45) is 0 Å². The third-order valence-electron chi connectivity index (χ3n) is 1.84. The summed E-state index contributed by atoms with van der Waals surface area (Å²) in [5, 5.41) is 3.45. The fourth-order valence-corrected chi connectivity index (χ4v) is 1.33. The fourth-order valence-electron chi connectivity index (χ4n) is 1.15. The van der Waals surface area contributed by atoms with Gasteiger partial charge in [0.25, 0.3) is 0 Å². The van der Waals surface area contributed by atoms with Crippen LogP contribution in [0, 0.1) is 5.82 Å². The Kier molecular flexibility index (Phi) is 3.46. The van der Waals surface area contributed by atoms with Crippen molar-refractivity contribution in [3.63, 3.8) is 0 Å². The number of likely N-dealkylation sites (N-methyl/N-ethyl adjacent to an activating group) is 1. The normalized spacial score (nSPS) is 12.5. The molecule has 1 nitrogen and oxygen atoms in total. The van der Waals surface area contributed by atoms with Crippen LogP contribution >= 0.6 is 11.6 Å². The molecule has 0 saturated heterocycles. The Labute approximate surface area is 82.2 Å². The van der Waals surface area contributed by atoms with Gasteiger partial charge in [-0.1, -0.05) is 17.7 Å². The van der Waals surface area contributed by atoms with Crippen LogP contribution in [0.25, 0.3) is 0 Å². The van der Waals surface area contributed by atoms with E-state index in [9.17, 15) is 4.39 Å². The quantitative estimate of drug-likeness (QED) is 0.739. The molecule has 13 heavy (non-hydrogen) atoms. The van der Waals surface area contributed by atoms with E-state index in [4.69, 9.17) is 11.6 Å². The smallest absolute Gasteiger partial charge is 0.128 e. The number of benzene rings is 1. The maximum Gasteiger partial charge on any atom is 0.128 e. The van der Waals surface area contributed by atoms with Gasteiger partial charge in [-0.3, -0.25) is 0 Å². The number of nitrogens with one attached hydrogen (secondary N) is 1. The number of halogens is 2. The van der Waals surface area contributed by atoms with Crippen molar-refractivity contribution in [2.75, 3.05) is 7.05 Å². The Hall–Kier alpha value is -0.860. The number of rotatable bonds is 3. The largest absolute Gasteiger partial charge is 0.310 e. The molecule has 1 aromatic rings. The van der Waals surface area contributed by atoms with Gasteiger partial charge in [-0.05, 0) is 25.2 Å². The molecule has 0 bridgehead atoms. The van der Waals surface area contributed by atoms with Gasteiger partial charge < -0.3 is 5.32 Å². The van der Waals surface area contributed by atoms with Crippen molar-refractivity contribution in [1.82, 2.24) is 5.32 Å². The summed E-state index contributed by atoms with van der Waals surface area (Å²) in [6.45, 7) is 3.61. The van der Waals surface area contributed by atoms with Crippen molar-refractivity contribution < 1.29 is 4.39 Å². The standard InChI is InChI=1S/C10H11ClFN/c1-3-10(13-2)8-6-7(11)4-5-9(8)12/h3-6,10,13H,1H2,2H3. The highest BCUT2D eigenvalue weighted by atomic mass is 35.5. The van der Waals surface area contributed by atoms with Crippen LogP contribution in [-0.4, -0.2) is 7.05 Å². The summed E-state index contributed by atoms with van der Waals surface area (Å²) >= 11 is 5.75. The molecular weight excluding hydrogens is 189 g/mol. The highest BCUT2D eigenvalue weighted by molar-refractivity contribution is 6.30. The van der Waals surface area contributed by atoms with Crippen molar-refractivity contribution in [2.45, 2.75) is 6.04 Å². The lowest BCUT2D eigenvalue weighted by Gasteiger charge is -2.12. The maximum absolute atomic E-state index is 13.2. The maximum atomic E-state index is 13.2. The predicted octanol–water partition coefficient (Wildman–Crippen LogP) is 2.93. The summed E-state index contributed by atoms with van der Waals surface area (Å²) in [4.78, 5) is 0. The molecule has 0 aliphatic carbocycles. The fraction of sp³-hybridized carbons (Fsp3) is 0.200. The van der Waals surface area contributed by atoms with Crippen LogP contribution in [0.15, 0.2) is 30.9 Å². The van der Waals surface area contributed by atoms with Crippen LogP contribution in [0.3, 0.4) is 0 Å². The van der Waals surface area contributed by atoms with Crippen LogP contribution in [0.5, 0.6) is 0 Å². The molecule has 1 atom stereocenters.